The Labute approximate surface area is 218 Å². The number of benzene rings is 2. The summed E-state index contributed by atoms with van der Waals surface area (Å²) in [5.41, 5.74) is 2.63. The molecule has 0 radical (unpaired) electrons. The first-order valence-electron chi connectivity index (χ1n) is 11.9. The largest absolute Gasteiger partial charge is 0.485 e. The van der Waals surface area contributed by atoms with Gasteiger partial charge in [0.25, 0.3) is 5.91 Å². The Morgan fingerprint density at radius 3 is 2.19 bits per heavy atom. The highest BCUT2D eigenvalue weighted by molar-refractivity contribution is 7.14. The van der Waals surface area contributed by atoms with Crippen molar-refractivity contribution in [3.8, 4) is 16.9 Å². The molecule has 198 valence electrons. The topological polar surface area (TPSA) is 75.6 Å². The number of ether oxygens (including phenoxy) is 1. The minimum Gasteiger partial charge on any atom is -0.485 e. The third-order valence-corrected chi connectivity index (χ3v) is 6.94. The van der Waals surface area contributed by atoms with Gasteiger partial charge in [-0.2, -0.15) is 13.2 Å². The first kappa shape index (κ1) is 28.2. The number of carbonyl (C=O) groups excluding carboxylic acids is 1. The number of hydrogen-bond donors (Lipinski definition) is 2. The first-order chi connectivity index (χ1) is 17.3. The third kappa shape index (κ3) is 7.58. The molecule has 0 fully saturated rings. The molecule has 0 saturated carbocycles. The molecule has 2 aromatic carbocycles. The third-order valence-electron chi connectivity index (χ3n) is 5.76. The molecule has 3 rings (SSSR count). The van der Waals surface area contributed by atoms with E-state index in [0.717, 1.165) is 33.7 Å². The second-order valence-electron chi connectivity index (χ2n) is 9.34. The SMILES string of the molecule is Cc1cc(O[C@H](CC(C)C)c2ccc(C(=O)NCCC(=O)O)s2)cc(C)c1-c1ccc(C(F)(F)F)cc1. The van der Waals surface area contributed by atoms with Gasteiger partial charge in [0.2, 0.25) is 0 Å². The minimum atomic E-state index is -4.38. The molecule has 1 amide bonds. The maximum Gasteiger partial charge on any atom is 0.416 e. The molecule has 0 aliphatic rings. The summed E-state index contributed by atoms with van der Waals surface area (Å²) < 4.78 is 45.3. The van der Waals surface area contributed by atoms with E-state index in [9.17, 15) is 22.8 Å². The van der Waals surface area contributed by atoms with Gasteiger partial charge in [0.05, 0.1) is 16.9 Å². The van der Waals surface area contributed by atoms with Crippen molar-refractivity contribution in [1.29, 1.82) is 0 Å². The summed E-state index contributed by atoms with van der Waals surface area (Å²) in [5.74, 6) is -0.355. The predicted octanol–water partition coefficient (Wildman–Crippen LogP) is 7.42. The molecule has 0 spiro atoms. The summed E-state index contributed by atoms with van der Waals surface area (Å²) in [6.45, 7) is 8.00. The highest BCUT2D eigenvalue weighted by Crippen LogP contribution is 2.37. The van der Waals surface area contributed by atoms with Crippen molar-refractivity contribution < 1.29 is 32.6 Å². The van der Waals surface area contributed by atoms with Gasteiger partial charge in [0.1, 0.15) is 11.9 Å². The van der Waals surface area contributed by atoms with Crippen molar-refractivity contribution in [2.24, 2.45) is 5.92 Å². The molecule has 0 unspecified atom stereocenters. The summed E-state index contributed by atoms with van der Waals surface area (Å²) in [5, 5.41) is 11.4. The van der Waals surface area contributed by atoms with Gasteiger partial charge in [0, 0.05) is 11.4 Å². The van der Waals surface area contributed by atoms with E-state index in [-0.39, 0.29) is 25.0 Å². The molecule has 5 nitrogen and oxygen atoms in total. The van der Waals surface area contributed by atoms with E-state index in [1.54, 1.807) is 6.07 Å². The first-order valence-corrected chi connectivity index (χ1v) is 12.7. The van der Waals surface area contributed by atoms with Gasteiger partial charge in [-0.1, -0.05) is 26.0 Å². The minimum absolute atomic E-state index is 0.0527. The number of carbonyl (C=O) groups is 2. The molecule has 0 bridgehead atoms. The molecular formula is C28H30F3NO4S. The highest BCUT2D eigenvalue weighted by Gasteiger charge is 2.30. The molecule has 0 aliphatic heterocycles. The van der Waals surface area contributed by atoms with E-state index in [2.05, 4.69) is 19.2 Å². The quantitative estimate of drug-likeness (QED) is 0.284. The molecule has 1 heterocycles. The number of carboxylic acid groups (broad SMARTS) is 1. The van der Waals surface area contributed by atoms with Crippen molar-refractivity contribution in [3.63, 3.8) is 0 Å². The van der Waals surface area contributed by atoms with Gasteiger partial charge in [-0.25, -0.2) is 0 Å². The maximum absolute atomic E-state index is 13.0. The number of carboxylic acids is 1. The molecule has 1 atom stereocenters. The fourth-order valence-electron chi connectivity index (χ4n) is 4.11. The fourth-order valence-corrected chi connectivity index (χ4v) is 5.07. The standard InChI is InChI=1S/C28H30F3NO4S/c1-16(2)13-22(23-9-10-24(37-23)27(35)32-12-11-25(33)34)36-21-14-17(3)26(18(4)15-21)19-5-7-20(8-6-19)28(29,30)31/h5-10,14-16,22H,11-13H2,1-4H3,(H,32,35)(H,33,34)/t22-/m1/s1. The van der Waals surface area contributed by atoms with Gasteiger partial charge >= 0.3 is 12.1 Å². The average molecular weight is 534 g/mol. The Hall–Kier alpha value is -3.33. The van der Waals surface area contributed by atoms with E-state index in [1.165, 1.54) is 23.5 Å². The lowest BCUT2D eigenvalue weighted by atomic mass is 9.94. The Kier molecular flexibility index (Phi) is 9.02. The van der Waals surface area contributed by atoms with Crippen molar-refractivity contribution in [2.45, 2.75) is 52.8 Å². The second kappa shape index (κ2) is 11.8. The number of nitrogens with one attached hydrogen (secondary N) is 1. The monoisotopic (exact) mass is 533 g/mol. The van der Waals surface area contributed by atoms with Crippen molar-refractivity contribution in [3.05, 3.63) is 75.0 Å². The van der Waals surface area contributed by atoms with Crippen LogP contribution < -0.4 is 10.1 Å². The highest BCUT2D eigenvalue weighted by atomic mass is 32.1. The summed E-state index contributed by atoms with van der Waals surface area (Å²) in [4.78, 5) is 24.4. The molecule has 0 saturated heterocycles. The zero-order chi connectivity index (χ0) is 27.3. The zero-order valence-corrected chi connectivity index (χ0v) is 21.9. The molecule has 37 heavy (non-hydrogen) atoms. The van der Waals surface area contributed by atoms with Gasteiger partial charge in [0.15, 0.2) is 0 Å². The van der Waals surface area contributed by atoms with Crippen LogP contribution in [0.15, 0.2) is 48.5 Å². The smallest absolute Gasteiger partial charge is 0.416 e. The lowest BCUT2D eigenvalue weighted by Gasteiger charge is -2.22. The van der Waals surface area contributed by atoms with Gasteiger partial charge in [-0.05, 0) is 84.8 Å². The number of rotatable bonds is 10. The Balaban J connectivity index is 1.81. The maximum atomic E-state index is 13.0. The van der Waals surface area contributed by atoms with Gasteiger partial charge in [-0.3, -0.25) is 9.59 Å². The van der Waals surface area contributed by atoms with Crippen LogP contribution in [0.1, 0.15) is 64.0 Å². The van der Waals surface area contributed by atoms with Crippen molar-refractivity contribution >= 4 is 23.2 Å². The molecule has 1 aromatic heterocycles. The van der Waals surface area contributed by atoms with Crippen LogP contribution in [0.5, 0.6) is 5.75 Å². The molecule has 9 heteroatoms. The lowest BCUT2D eigenvalue weighted by Crippen LogP contribution is -2.25. The summed E-state index contributed by atoms with van der Waals surface area (Å²) in [7, 11) is 0. The molecule has 2 N–H and O–H groups in total. The van der Waals surface area contributed by atoms with Crippen LogP contribution in [0, 0.1) is 19.8 Å². The fraction of sp³-hybridized carbons (Fsp3) is 0.357. The molecule has 0 aliphatic carbocycles. The number of aliphatic carboxylic acids is 1. The summed E-state index contributed by atoms with van der Waals surface area (Å²) in [6, 6.07) is 12.4. The summed E-state index contributed by atoms with van der Waals surface area (Å²) >= 11 is 1.30. The van der Waals surface area contributed by atoms with Crippen LogP contribution in [-0.4, -0.2) is 23.5 Å². The molecule has 3 aromatic rings. The number of hydrogen-bond acceptors (Lipinski definition) is 4. The van der Waals surface area contributed by atoms with Crippen LogP contribution in [0.4, 0.5) is 13.2 Å². The predicted molar refractivity (Wildman–Crippen MR) is 138 cm³/mol. The number of halogens is 3. The van der Waals surface area contributed by atoms with Crippen LogP contribution in [0.25, 0.3) is 11.1 Å². The number of amides is 1. The van der Waals surface area contributed by atoms with Crippen LogP contribution in [0.2, 0.25) is 0 Å². The van der Waals surface area contributed by atoms with E-state index >= 15 is 0 Å². The van der Waals surface area contributed by atoms with Crippen molar-refractivity contribution in [1.82, 2.24) is 5.32 Å². The molecular weight excluding hydrogens is 503 g/mol. The number of thiophene rings is 1. The normalized spacial score (nSPS) is 12.4. The second-order valence-corrected chi connectivity index (χ2v) is 10.5. The van der Waals surface area contributed by atoms with Gasteiger partial charge < -0.3 is 15.2 Å². The van der Waals surface area contributed by atoms with Crippen LogP contribution >= 0.6 is 11.3 Å². The Morgan fingerprint density at radius 1 is 1.03 bits per heavy atom. The van der Waals surface area contributed by atoms with E-state index in [0.29, 0.717) is 28.5 Å². The van der Waals surface area contributed by atoms with E-state index < -0.39 is 17.7 Å². The van der Waals surface area contributed by atoms with Crippen LogP contribution in [-0.2, 0) is 11.0 Å². The number of aryl methyl sites for hydroxylation is 2. The Morgan fingerprint density at radius 2 is 1.65 bits per heavy atom. The van der Waals surface area contributed by atoms with Gasteiger partial charge in [-0.15, -0.1) is 11.3 Å². The van der Waals surface area contributed by atoms with Crippen LogP contribution in [0.3, 0.4) is 0 Å². The lowest BCUT2D eigenvalue weighted by molar-refractivity contribution is -0.138. The Bertz CT molecular complexity index is 1230. The van der Waals surface area contributed by atoms with Crippen molar-refractivity contribution in [2.75, 3.05) is 6.54 Å². The zero-order valence-electron chi connectivity index (χ0n) is 21.1. The summed E-state index contributed by atoms with van der Waals surface area (Å²) in [6.07, 6.45) is -4.13. The number of alkyl halides is 3. The average Bonchev–Trinajstić information content (AvgIpc) is 3.28. The van der Waals surface area contributed by atoms with E-state index in [4.69, 9.17) is 9.84 Å². The van der Waals surface area contributed by atoms with E-state index in [1.807, 2.05) is 32.0 Å².